The highest BCUT2D eigenvalue weighted by Gasteiger charge is 2.27. The molecule has 2 rings (SSSR count). The smallest absolute Gasteiger partial charge is 0.223 e. The molecule has 0 unspecified atom stereocenters. The van der Waals surface area contributed by atoms with E-state index >= 15 is 0 Å². The van der Waals surface area contributed by atoms with Gasteiger partial charge in [0.1, 0.15) is 5.75 Å². The van der Waals surface area contributed by atoms with Gasteiger partial charge in [0.25, 0.3) is 0 Å². The normalized spacial score (nSPS) is 17.7. The Morgan fingerprint density at radius 3 is 2.48 bits per heavy atom. The third-order valence-electron chi connectivity index (χ3n) is 3.84. The molecule has 0 saturated carbocycles. The van der Waals surface area contributed by atoms with Crippen LogP contribution in [0.1, 0.15) is 39.2 Å². The summed E-state index contributed by atoms with van der Waals surface area (Å²) in [6.45, 7) is 8.59. The highest BCUT2D eigenvalue weighted by molar-refractivity contribution is 5.79. The van der Waals surface area contributed by atoms with Crippen LogP contribution in [0.15, 0.2) is 24.3 Å². The Hall–Kier alpha value is -1.55. The first kappa shape index (κ1) is 15.8. The zero-order valence-corrected chi connectivity index (χ0v) is 13.2. The molecule has 1 aromatic carbocycles. The van der Waals surface area contributed by atoms with E-state index in [-0.39, 0.29) is 17.4 Å². The number of benzene rings is 1. The molecule has 0 bridgehead atoms. The number of rotatable bonds is 3. The van der Waals surface area contributed by atoms with Crippen molar-refractivity contribution in [2.75, 3.05) is 13.1 Å². The molecule has 0 spiro atoms. The van der Waals surface area contributed by atoms with Crippen molar-refractivity contribution in [3.8, 4) is 5.75 Å². The molecule has 1 saturated heterocycles. The zero-order chi connectivity index (χ0) is 15.5. The van der Waals surface area contributed by atoms with Gasteiger partial charge in [-0.25, -0.2) is 0 Å². The monoisotopic (exact) mass is 290 g/mol. The second-order valence-electron chi connectivity index (χ2n) is 6.92. The van der Waals surface area contributed by atoms with E-state index < -0.39 is 0 Å². The molecule has 1 aromatic rings. The number of aromatic hydroxyl groups is 1. The molecule has 0 aromatic heterocycles. The number of hydrogen-bond acceptors (Lipinski definition) is 3. The lowest BCUT2D eigenvalue weighted by Gasteiger charge is -2.33. The molecule has 0 atom stereocenters. The van der Waals surface area contributed by atoms with Gasteiger partial charge in [-0.05, 0) is 52.8 Å². The van der Waals surface area contributed by atoms with Crippen molar-refractivity contribution >= 4 is 5.91 Å². The van der Waals surface area contributed by atoms with Crippen LogP contribution in [0, 0.1) is 5.92 Å². The minimum Gasteiger partial charge on any atom is -0.508 e. The fourth-order valence-electron chi connectivity index (χ4n) is 2.71. The van der Waals surface area contributed by atoms with Crippen LogP contribution in [0.5, 0.6) is 5.75 Å². The van der Waals surface area contributed by atoms with Crippen LogP contribution in [0.25, 0.3) is 0 Å². The first-order valence-corrected chi connectivity index (χ1v) is 7.66. The molecular formula is C17H26N2O2. The summed E-state index contributed by atoms with van der Waals surface area (Å²) in [6, 6.07) is 7.45. The highest BCUT2D eigenvalue weighted by Crippen LogP contribution is 2.23. The Kier molecular flexibility index (Phi) is 4.88. The van der Waals surface area contributed by atoms with Gasteiger partial charge >= 0.3 is 0 Å². The second kappa shape index (κ2) is 6.48. The fraction of sp³-hybridized carbons (Fsp3) is 0.588. The minimum absolute atomic E-state index is 0.116. The van der Waals surface area contributed by atoms with Crippen LogP contribution in [0.4, 0.5) is 0 Å². The number of carbonyl (C=O) groups is 1. The number of hydrogen-bond donors (Lipinski definition) is 2. The van der Waals surface area contributed by atoms with Crippen molar-refractivity contribution < 1.29 is 9.90 Å². The number of nitrogens with zero attached hydrogens (tertiary/aromatic N) is 1. The summed E-state index contributed by atoms with van der Waals surface area (Å²) in [5.74, 6) is 0.639. The number of phenols is 1. The number of likely N-dealkylation sites (tertiary alicyclic amines) is 1. The Morgan fingerprint density at radius 2 is 1.90 bits per heavy atom. The van der Waals surface area contributed by atoms with Gasteiger partial charge in [-0.15, -0.1) is 0 Å². The van der Waals surface area contributed by atoms with Gasteiger partial charge in [0.2, 0.25) is 5.91 Å². The first-order chi connectivity index (χ1) is 9.85. The van der Waals surface area contributed by atoms with E-state index in [0.717, 1.165) is 38.0 Å². The zero-order valence-electron chi connectivity index (χ0n) is 13.2. The molecule has 1 aliphatic heterocycles. The van der Waals surface area contributed by atoms with Gasteiger partial charge in [-0.3, -0.25) is 9.69 Å². The lowest BCUT2D eigenvalue weighted by atomic mass is 9.94. The van der Waals surface area contributed by atoms with E-state index in [4.69, 9.17) is 0 Å². The van der Waals surface area contributed by atoms with Crippen molar-refractivity contribution in [1.29, 1.82) is 0 Å². The van der Waals surface area contributed by atoms with Crippen LogP contribution in [-0.4, -0.2) is 34.5 Å². The van der Waals surface area contributed by atoms with Gasteiger partial charge in [0.15, 0.2) is 0 Å². The Bertz CT molecular complexity index is 486. The average molecular weight is 290 g/mol. The van der Waals surface area contributed by atoms with E-state index in [1.54, 1.807) is 6.07 Å². The van der Waals surface area contributed by atoms with Crippen LogP contribution in [-0.2, 0) is 11.3 Å². The summed E-state index contributed by atoms with van der Waals surface area (Å²) >= 11 is 0. The molecule has 21 heavy (non-hydrogen) atoms. The van der Waals surface area contributed by atoms with Crippen molar-refractivity contribution in [3.63, 3.8) is 0 Å². The summed E-state index contributed by atoms with van der Waals surface area (Å²) in [4.78, 5) is 14.5. The van der Waals surface area contributed by atoms with Crippen molar-refractivity contribution in [1.82, 2.24) is 10.2 Å². The highest BCUT2D eigenvalue weighted by atomic mass is 16.3. The predicted octanol–water partition coefficient (Wildman–Crippen LogP) is 2.52. The maximum absolute atomic E-state index is 12.2. The molecule has 1 fully saturated rings. The standard InChI is InChI=1S/C17H26N2O2/c1-17(2,3)18-16(21)13-8-10-19(11-9-13)12-14-6-4-5-7-15(14)20/h4-7,13,20H,8-12H2,1-3H3,(H,18,21). The summed E-state index contributed by atoms with van der Waals surface area (Å²) in [5, 5.41) is 12.9. The molecule has 0 aliphatic carbocycles. The topological polar surface area (TPSA) is 52.6 Å². The van der Waals surface area contributed by atoms with Crippen molar-refractivity contribution in [2.45, 2.75) is 45.7 Å². The molecule has 1 amide bonds. The third-order valence-corrected chi connectivity index (χ3v) is 3.84. The summed E-state index contributed by atoms with van der Waals surface area (Å²) < 4.78 is 0. The first-order valence-electron chi connectivity index (χ1n) is 7.66. The lowest BCUT2D eigenvalue weighted by molar-refractivity contribution is -0.127. The Balaban J connectivity index is 1.83. The number of nitrogens with one attached hydrogen (secondary N) is 1. The number of para-hydroxylation sites is 1. The Morgan fingerprint density at radius 1 is 1.29 bits per heavy atom. The van der Waals surface area contributed by atoms with Crippen LogP contribution in [0.2, 0.25) is 0 Å². The largest absolute Gasteiger partial charge is 0.508 e. The molecule has 4 heteroatoms. The summed E-state index contributed by atoms with van der Waals surface area (Å²) in [7, 11) is 0. The van der Waals surface area contributed by atoms with Gasteiger partial charge in [-0.2, -0.15) is 0 Å². The van der Waals surface area contributed by atoms with E-state index in [0.29, 0.717) is 5.75 Å². The molecule has 1 aliphatic rings. The van der Waals surface area contributed by atoms with E-state index in [1.807, 2.05) is 39.0 Å². The van der Waals surface area contributed by atoms with Crippen LogP contribution < -0.4 is 5.32 Å². The second-order valence-corrected chi connectivity index (χ2v) is 6.92. The third kappa shape index (κ3) is 4.74. The quantitative estimate of drug-likeness (QED) is 0.899. The molecule has 4 nitrogen and oxygen atoms in total. The maximum atomic E-state index is 12.2. The number of phenolic OH excluding ortho intramolecular Hbond substituents is 1. The SMILES string of the molecule is CC(C)(C)NC(=O)C1CCN(Cc2ccccc2O)CC1. The summed E-state index contributed by atoms with van der Waals surface area (Å²) in [6.07, 6.45) is 1.77. The molecule has 116 valence electrons. The maximum Gasteiger partial charge on any atom is 0.223 e. The molecule has 1 heterocycles. The molecule has 0 radical (unpaired) electrons. The van der Waals surface area contributed by atoms with Gasteiger partial charge in [0, 0.05) is 23.6 Å². The number of piperidine rings is 1. The fourth-order valence-corrected chi connectivity index (χ4v) is 2.71. The molecular weight excluding hydrogens is 264 g/mol. The van der Waals surface area contributed by atoms with Crippen LogP contribution >= 0.6 is 0 Å². The van der Waals surface area contributed by atoms with E-state index in [1.165, 1.54) is 0 Å². The number of carbonyl (C=O) groups excluding carboxylic acids is 1. The van der Waals surface area contributed by atoms with Crippen molar-refractivity contribution in [2.24, 2.45) is 5.92 Å². The predicted molar refractivity (Wildman–Crippen MR) is 84.0 cm³/mol. The van der Waals surface area contributed by atoms with Gasteiger partial charge < -0.3 is 10.4 Å². The lowest BCUT2D eigenvalue weighted by Crippen LogP contribution is -2.46. The van der Waals surface area contributed by atoms with E-state index in [9.17, 15) is 9.90 Å². The Labute approximate surface area is 127 Å². The van der Waals surface area contributed by atoms with Crippen LogP contribution in [0.3, 0.4) is 0 Å². The minimum atomic E-state index is -0.163. The van der Waals surface area contributed by atoms with E-state index in [2.05, 4.69) is 10.2 Å². The van der Waals surface area contributed by atoms with Gasteiger partial charge in [0.05, 0.1) is 0 Å². The average Bonchev–Trinajstić information content (AvgIpc) is 2.40. The summed E-state index contributed by atoms with van der Waals surface area (Å²) in [5.41, 5.74) is 0.791. The number of amides is 1. The van der Waals surface area contributed by atoms with Crippen molar-refractivity contribution in [3.05, 3.63) is 29.8 Å². The molecule has 2 N–H and O–H groups in total. The van der Waals surface area contributed by atoms with Gasteiger partial charge in [-0.1, -0.05) is 18.2 Å².